The second-order valence-corrected chi connectivity index (χ2v) is 19.5. The molecule has 0 aliphatic heterocycles. The van der Waals surface area contributed by atoms with E-state index in [1.54, 1.807) is 0 Å². The van der Waals surface area contributed by atoms with Crippen LogP contribution in [0.4, 0.5) is 0 Å². The Morgan fingerprint density at radius 3 is 1.57 bits per heavy atom. The summed E-state index contributed by atoms with van der Waals surface area (Å²) in [7, 11) is -6.10. The summed E-state index contributed by atoms with van der Waals surface area (Å²) in [5.41, 5.74) is 1.16. The number of hydrogen-bond acceptors (Lipinski definition) is 3. The molecule has 120 valence electrons. The van der Waals surface area contributed by atoms with Crippen molar-refractivity contribution in [1.29, 1.82) is 0 Å². The molecule has 0 N–H and O–H groups in total. The molecule has 0 fully saturated rings. The Bertz CT molecular complexity index is 422. The average molecular weight is 343 g/mol. The summed E-state index contributed by atoms with van der Waals surface area (Å²) in [5.74, 6) is 0. The van der Waals surface area contributed by atoms with Gasteiger partial charge < -0.3 is 12.7 Å². The van der Waals surface area contributed by atoms with E-state index in [9.17, 15) is 0 Å². The molecule has 1 rings (SSSR count). The molecular formula is C15H30O3Si3. The minimum Gasteiger partial charge on any atom is -0.417 e. The Balaban J connectivity index is 2.91. The predicted molar refractivity (Wildman–Crippen MR) is 96.4 cm³/mol. The van der Waals surface area contributed by atoms with Crippen LogP contribution in [0.25, 0.3) is 0 Å². The molecule has 0 spiro atoms. The minimum absolute atomic E-state index is 0.0180. The van der Waals surface area contributed by atoms with Crippen molar-refractivity contribution in [2.24, 2.45) is 0 Å². The lowest BCUT2D eigenvalue weighted by atomic mass is 10.1. The molecule has 0 saturated carbocycles. The molecule has 0 aliphatic rings. The van der Waals surface area contributed by atoms with Crippen LogP contribution < -0.4 is 0 Å². The standard InChI is InChI=1S/C15H30O3Si3/c1-14(15-12-10-9-11-13-15)16-21(8,17-19(2,3)4)18-20(5,6)7/h9-14H,1-8H3. The van der Waals surface area contributed by atoms with E-state index >= 15 is 0 Å². The van der Waals surface area contributed by atoms with E-state index in [4.69, 9.17) is 12.7 Å². The first-order chi connectivity index (χ1) is 9.40. The predicted octanol–water partition coefficient (Wildman–Crippen LogP) is 5.04. The van der Waals surface area contributed by atoms with Crippen LogP contribution >= 0.6 is 0 Å². The third kappa shape index (κ3) is 7.53. The maximum absolute atomic E-state index is 6.36. The number of rotatable bonds is 7. The van der Waals surface area contributed by atoms with Gasteiger partial charge in [0.25, 0.3) is 0 Å². The summed E-state index contributed by atoms with van der Waals surface area (Å²) >= 11 is 0. The van der Waals surface area contributed by atoms with Gasteiger partial charge in [0.1, 0.15) is 0 Å². The van der Waals surface area contributed by atoms with E-state index < -0.39 is 25.4 Å². The molecule has 0 aromatic heterocycles. The lowest BCUT2D eigenvalue weighted by Crippen LogP contribution is -2.55. The molecule has 0 radical (unpaired) electrons. The fraction of sp³-hybridized carbons (Fsp3) is 0.600. The zero-order valence-corrected chi connectivity index (χ0v) is 17.7. The van der Waals surface area contributed by atoms with Crippen molar-refractivity contribution in [3.8, 4) is 0 Å². The largest absolute Gasteiger partial charge is 0.477 e. The fourth-order valence-corrected chi connectivity index (χ4v) is 12.9. The van der Waals surface area contributed by atoms with E-state index in [1.807, 2.05) is 24.7 Å². The summed E-state index contributed by atoms with van der Waals surface area (Å²) in [6, 6.07) is 10.3. The maximum atomic E-state index is 6.36. The highest BCUT2D eigenvalue weighted by Crippen LogP contribution is 2.28. The third-order valence-corrected chi connectivity index (χ3v) is 11.3. The van der Waals surface area contributed by atoms with E-state index in [-0.39, 0.29) is 6.10 Å². The smallest absolute Gasteiger partial charge is 0.417 e. The second-order valence-electron chi connectivity index (χ2n) is 7.46. The summed E-state index contributed by atoms with van der Waals surface area (Å²) in [5, 5.41) is 0. The molecule has 0 heterocycles. The van der Waals surface area contributed by atoms with Gasteiger partial charge in [-0.2, -0.15) is 0 Å². The normalized spacial score (nSPS) is 15.0. The van der Waals surface area contributed by atoms with E-state index in [2.05, 4.69) is 58.3 Å². The second kappa shape index (κ2) is 6.89. The van der Waals surface area contributed by atoms with Crippen molar-refractivity contribution >= 4 is 25.4 Å². The van der Waals surface area contributed by atoms with E-state index in [1.165, 1.54) is 0 Å². The van der Waals surface area contributed by atoms with E-state index in [0.29, 0.717) is 0 Å². The van der Waals surface area contributed by atoms with Crippen LogP contribution in [0.3, 0.4) is 0 Å². The van der Waals surface area contributed by atoms with Gasteiger partial charge >= 0.3 is 8.80 Å². The lowest BCUT2D eigenvalue weighted by Gasteiger charge is -2.38. The van der Waals surface area contributed by atoms with Gasteiger partial charge in [-0.05, 0) is 51.8 Å². The number of benzene rings is 1. The van der Waals surface area contributed by atoms with Gasteiger partial charge in [0.15, 0.2) is 16.6 Å². The fourth-order valence-electron chi connectivity index (χ4n) is 2.29. The molecule has 6 heteroatoms. The van der Waals surface area contributed by atoms with Crippen LogP contribution in [0.1, 0.15) is 18.6 Å². The van der Waals surface area contributed by atoms with Crippen molar-refractivity contribution in [2.75, 3.05) is 0 Å². The molecule has 0 bridgehead atoms. The zero-order valence-electron chi connectivity index (χ0n) is 14.7. The lowest BCUT2D eigenvalue weighted by molar-refractivity contribution is 0.115. The van der Waals surface area contributed by atoms with Crippen molar-refractivity contribution in [3.05, 3.63) is 35.9 Å². The highest BCUT2D eigenvalue weighted by molar-refractivity contribution is 6.85. The molecule has 1 unspecified atom stereocenters. The van der Waals surface area contributed by atoms with Crippen molar-refractivity contribution in [3.63, 3.8) is 0 Å². The first kappa shape index (κ1) is 18.8. The van der Waals surface area contributed by atoms with Gasteiger partial charge in [0.2, 0.25) is 0 Å². The van der Waals surface area contributed by atoms with Gasteiger partial charge in [-0.3, -0.25) is 0 Å². The topological polar surface area (TPSA) is 27.7 Å². The van der Waals surface area contributed by atoms with Crippen LogP contribution in [-0.4, -0.2) is 25.4 Å². The molecule has 0 saturated heterocycles. The monoisotopic (exact) mass is 342 g/mol. The first-order valence-electron chi connectivity index (χ1n) is 7.53. The van der Waals surface area contributed by atoms with Crippen LogP contribution in [0.15, 0.2) is 30.3 Å². The first-order valence-corrected chi connectivity index (χ1v) is 16.6. The SMILES string of the molecule is CC(O[Si](C)(O[Si](C)(C)C)O[Si](C)(C)C)c1ccccc1. The van der Waals surface area contributed by atoms with Crippen LogP contribution in [-0.2, 0) is 12.7 Å². The minimum atomic E-state index is -2.64. The van der Waals surface area contributed by atoms with Crippen molar-refractivity contribution in [1.82, 2.24) is 0 Å². The third-order valence-electron chi connectivity index (χ3n) is 2.64. The van der Waals surface area contributed by atoms with Gasteiger partial charge in [-0.1, -0.05) is 30.3 Å². The molecule has 1 aromatic carbocycles. The molecule has 1 aromatic rings. The molecule has 3 nitrogen and oxygen atoms in total. The van der Waals surface area contributed by atoms with Crippen LogP contribution in [0.2, 0.25) is 45.8 Å². The Morgan fingerprint density at radius 1 is 0.762 bits per heavy atom. The number of hydrogen-bond donors (Lipinski definition) is 0. The van der Waals surface area contributed by atoms with Gasteiger partial charge in [0.05, 0.1) is 6.10 Å². The van der Waals surface area contributed by atoms with Gasteiger partial charge in [-0.15, -0.1) is 0 Å². The highest BCUT2D eigenvalue weighted by Gasteiger charge is 2.44. The summed E-state index contributed by atoms with van der Waals surface area (Å²) in [6.45, 7) is 17.2. The van der Waals surface area contributed by atoms with Crippen molar-refractivity contribution < 1.29 is 12.7 Å². The van der Waals surface area contributed by atoms with Gasteiger partial charge in [0, 0.05) is 6.55 Å². The summed E-state index contributed by atoms with van der Waals surface area (Å²) < 4.78 is 19.1. The Hall–Kier alpha value is -0.249. The molecule has 1 atom stereocenters. The Kier molecular flexibility index (Phi) is 6.17. The van der Waals surface area contributed by atoms with Crippen molar-refractivity contribution in [2.45, 2.75) is 58.9 Å². The molecular weight excluding hydrogens is 312 g/mol. The Morgan fingerprint density at radius 2 is 1.19 bits per heavy atom. The zero-order chi connectivity index (χ0) is 16.3. The molecule has 0 aliphatic carbocycles. The molecule has 0 amide bonds. The molecule has 21 heavy (non-hydrogen) atoms. The summed E-state index contributed by atoms with van der Waals surface area (Å²) in [4.78, 5) is 0. The maximum Gasteiger partial charge on any atom is 0.477 e. The highest BCUT2D eigenvalue weighted by atomic mass is 28.5. The van der Waals surface area contributed by atoms with Crippen LogP contribution in [0.5, 0.6) is 0 Å². The van der Waals surface area contributed by atoms with Crippen LogP contribution in [0, 0.1) is 0 Å². The summed E-state index contributed by atoms with van der Waals surface area (Å²) in [6.07, 6.45) is -0.0180. The Labute approximate surface area is 133 Å². The average Bonchev–Trinajstić information content (AvgIpc) is 2.24. The quantitative estimate of drug-likeness (QED) is 0.650. The van der Waals surface area contributed by atoms with Gasteiger partial charge in [-0.25, -0.2) is 0 Å². The van der Waals surface area contributed by atoms with E-state index in [0.717, 1.165) is 5.56 Å².